The molecule has 0 saturated heterocycles. The average Bonchev–Trinajstić information content (AvgIpc) is 3.96. The molecule has 2 aromatic heterocycles. The number of rotatable bonds is 11. The minimum absolute atomic E-state index is 0.579. The number of hydrogen-bond donors (Lipinski definition) is 0. The first kappa shape index (κ1) is 46.0. The van der Waals surface area contributed by atoms with Crippen LogP contribution >= 0.6 is 7.92 Å². The van der Waals surface area contributed by atoms with Gasteiger partial charge < -0.3 is 0 Å². The average molecular weight is 924 g/mol. The lowest BCUT2D eigenvalue weighted by Gasteiger charge is -2.34. The molecule has 8 aromatic carbocycles. The Bertz CT molecular complexity index is 3580. The summed E-state index contributed by atoms with van der Waals surface area (Å²) in [7, 11) is -0.711. The minimum atomic E-state index is -0.711. The number of aromatic nitrogens is 3. The quantitative estimate of drug-likeness (QED) is 0.0956. The van der Waals surface area contributed by atoms with Crippen LogP contribution in [0.1, 0.15) is 76.0 Å². The molecule has 0 N–H and O–H groups in total. The van der Waals surface area contributed by atoms with Gasteiger partial charge in [-0.15, -0.1) is 0 Å². The largest absolute Gasteiger partial charge is 0.276 e. The molecule has 0 bridgehead atoms. The zero-order valence-electron chi connectivity index (χ0n) is 40.9. The van der Waals surface area contributed by atoms with E-state index in [0.29, 0.717) is 0 Å². The van der Waals surface area contributed by atoms with Crippen LogP contribution in [0.25, 0.3) is 66.5 Å². The minimum Gasteiger partial charge on any atom is -0.276 e. The number of fused-ring (bicyclic) bond motifs is 8. The molecule has 0 saturated carbocycles. The van der Waals surface area contributed by atoms with Crippen LogP contribution in [0, 0.1) is 0 Å². The van der Waals surface area contributed by atoms with Gasteiger partial charge in [-0.1, -0.05) is 215 Å². The third kappa shape index (κ3) is 7.95. The molecule has 342 valence electrons. The van der Waals surface area contributed by atoms with E-state index in [1.807, 2.05) is 20.8 Å². The molecule has 4 heteroatoms. The Morgan fingerprint density at radius 3 is 1.66 bits per heavy atom. The van der Waals surface area contributed by atoms with Gasteiger partial charge in [-0.25, -0.2) is 9.97 Å². The van der Waals surface area contributed by atoms with Gasteiger partial charge in [0.1, 0.15) is 11.5 Å². The summed E-state index contributed by atoms with van der Waals surface area (Å²) >= 11 is 0. The molecule has 1 unspecified atom stereocenters. The maximum absolute atomic E-state index is 5.32. The van der Waals surface area contributed by atoms with Gasteiger partial charge in [-0.05, 0) is 143 Å². The molecule has 10 aromatic rings. The second-order valence-electron chi connectivity index (χ2n) is 17.4. The van der Waals surface area contributed by atoms with Gasteiger partial charge in [0.25, 0.3) is 0 Å². The fourth-order valence-corrected chi connectivity index (χ4v) is 13.0. The Morgan fingerprint density at radius 1 is 0.529 bits per heavy atom. The van der Waals surface area contributed by atoms with E-state index >= 15 is 0 Å². The topological polar surface area (TPSA) is 30.2 Å². The fourth-order valence-electron chi connectivity index (χ4n) is 10.5. The highest BCUT2D eigenvalue weighted by molar-refractivity contribution is 7.77. The molecule has 1 aliphatic carbocycles. The number of para-hydroxylation sites is 2. The molecule has 11 rings (SSSR count). The molecule has 0 spiro atoms. The summed E-state index contributed by atoms with van der Waals surface area (Å²) in [6.07, 6.45) is 14.2. The number of allylic oxidation sites excluding steroid dienone is 8. The van der Waals surface area contributed by atoms with Gasteiger partial charge in [-0.2, -0.15) is 0 Å². The first-order valence-corrected chi connectivity index (χ1v) is 26.1. The standard InChI is InChI=1S/C64H52N3P.C2H6/c1-5-20-44(8-4)62-65-59-40-35-46(41-56(59)63-66-60-29-18-19-30-61(60)67(62)63)48-34-39-55-54-38-33-47(42-57(54)64(58(55)43-48,49-23-12-9-13-24-49)50-25-14-10-15-26-50)45-31-36-53(37-32-45)68(51(21-6-2)22-7-3)52-27-16-11-17-28-52;1-2/h5-6,8-43H,7H2,1-4H3;1-2H3/b20-5-,21-6-,44-8+,51-22+;. The summed E-state index contributed by atoms with van der Waals surface area (Å²) in [5, 5.41) is 5.11. The van der Waals surface area contributed by atoms with Crippen LogP contribution in [0.5, 0.6) is 0 Å². The molecule has 1 atom stereocenters. The van der Waals surface area contributed by atoms with Crippen LogP contribution in [0.2, 0.25) is 0 Å². The zero-order chi connectivity index (χ0) is 48.2. The highest BCUT2D eigenvalue weighted by Gasteiger charge is 2.46. The van der Waals surface area contributed by atoms with Crippen LogP contribution in [-0.2, 0) is 5.41 Å². The first-order chi connectivity index (χ1) is 34.5. The Balaban J connectivity index is 0.00000280. The van der Waals surface area contributed by atoms with E-state index in [1.54, 1.807) is 0 Å². The van der Waals surface area contributed by atoms with Crippen LogP contribution in [0.15, 0.2) is 236 Å². The van der Waals surface area contributed by atoms with Gasteiger partial charge in [0.2, 0.25) is 0 Å². The molecule has 0 radical (unpaired) electrons. The van der Waals surface area contributed by atoms with Gasteiger partial charge in [0.15, 0.2) is 0 Å². The summed E-state index contributed by atoms with van der Waals surface area (Å²) in [4.78, 5) is 10.6. The predicted octanol–water partition coefficient (Wildman–Crippen LogP) is 17.0. The van der Waals surface area contributed by atoms with E-state index in [0.717, 1.165) is 56.5 Å². The van der Waals surface area contributed by atoms with Crippen molar-refractivity contribution < 1.29 is 0 Å². The molecular formula is C66H58N3P. The summed E-state index contributed by atoms with van der Waals surface area (Å²) in [6.45, 7) is 12.5. The van der Waals surface area contributed by atoms with Crippen molar-refractivity contribution in [1.82, 2.24) is 14.4 Å². The van der Waals surface area contributed by atoms with E-state index in [-0.39, 0.29) is 0 Å². The van der Waals surface area contributed by atoms with Crippen molar-refractivity contribution in [3.63, 3.8) is 0 Å². The molecule has 1 aliphatic rings. The van der Waals surface area contributed by atoms with Crippen LogP contribution in [0.3, 0.4) is 0 Å². The summed E-state index contributed by atoms with van der Waals surface area (Å²) in [5.41, 5.74) is 16.5. The highest BCUT2D eigenvalue weighted by atomic mass is 31.1. The predicted molar refractivity (Wildman–Crippen MR) is 302 cm³/mol. The van der Waals surface area contributed by atoms with Gasteiger partial charge >= 0.3 is 0 Å². The number of benzene rings is 8. The third-order valence-corrected chi connectivity index (χ3v) is 16.0. The number of imidazole rings is 1. The lowest BCUT2D eigenvalue weighted by atomic mass is 9.67. The number of nitrogens with zero attached hydrogens (tertiary/aromatic N) is 3. The molecular weight excluding hydrogens is 866 g/mol. The Labute approximate surface area is 414 Å². The molecule has 0 amide bonds. The van der Waals surface area contributed by atoms with Gasteiger partial charge in [0.05, 0.1) is 22.0 Å². The second kappa shape index (κ2) is 20.1. The van der Waals surface area contributed by atoms with E-state index < -0.39 is 13.3 Å². The second-order valence-corrected chi connectivity index (χ2v) is 19.6. The first-order valence-electron chi connectivity index (χ1n) is 24.7. The van der Waals surface area contributed by atoms with Crippen molar-refractivity contribution in [2.24, 2.45) is 0 Å². The van der Waals surface area contributed by atoms with Gasteiger partial charge in [0, 0.05) is 11.0 Å². The maximum atomic E-state index is 5.32. The number of hydrogen-bond acceptors (Lipinski definition) is 2. The smallest absolute Gasteiger partial charge is 0.149 e. The van der Waals surface area contributed by atoms with Crippen molar-refractivity contribution in [2.75, 3.05) is 0 Å². The van der Waals surface area contributed by atoms with E-state index in [4.69, 9.17) is 9.97 Å². The Kier molecular flexibility index (Phi) is 13.2. The van der Waals surface area contributed by atoms with Crippen molar-refractivity contribution in [3.8, 4) is 33.4 Å². The monoisotopic (exact) mass is 923 g/mol. The van der Waals surface area contributed by atoms with E-state index in [1.165, 1.54) is 60.4 Å². The highest BCUT2D eigenvalue weighted by Crippen LogP contribution is 2.57. The lowest BCUT2D eigenvalue weighted by Crippen LogP contribution is -2.28. The molecule has 70 heavy (non-hydrogen) atoms. The van der Waals surface area contributed by atoms with E-state index in [9.17, 15) is 0 Å². The van der Waals surface area contributed by atoms with Gasteiger partial charge in [-0.3, -0.25) is 4.40 Å². The van der Waals surface area contributed by atoms with Crippen molar-refractivity contribution >= 4 is 51.7 Å². The zero-order valence-corrected chi connectivity index (χ0v) is 41.8. The Morgan fingerprint density at radius 2 is 1.06 bits per heavy atom. The van der Waals surface area contributed by atoms with Crippen molar-refractivity contribution in [2.45, 2.75) is 53.4 Å². The van der Waals surface area contributed by atoms with Crippen molar-refractivity contribution in [3.05, 3.63) is 264 Å². The van der Waals surface area contributed by atoms with Crippen LogP contribution < -0.4 is 10.6 Å². The Hall–Kier alpha value is -7.71. The third-order valence-electron chi connectivity index (χ3n) is 13.5. The molecule has 3 nitrogen and oxygen atoms in total. The normalized spacial score (nSPS) is 13.7. The fraction of sp³-hybridized carbons (Fsp3) is 0.121. The van der Waals surface area contributed by atoms with Crippen molar-refractivity contribution in [1.29, 1.82) is 0 Å². The molecule has 0 fully saturated rings. The van der Waals surface area contributed by atoms with Crippen LogP contribution in [0.4, 0.5) is 0 Å². The maximum Gasteiger partial charge on any atom is 0.149 e. The van der Waals surface area contributed by atoms with E-state index in [2.05, 4.69) is 256 Å². The van der Waals surface area contributed by atoms with Crippen LogP contribution in [-0.4, -0.2) is 14.4 Å². The molecule has 0 aliphatic heterocycles. The molecule has 2 heterocycles. The summed E-state index contributed by atoms with van der Waals surface area (Å²) < 4.78 is 2.23. The lowest BCUT2D eigenvalue weighted by molar-refractivity contribution is 0.769. The summed E-state index contributed by atoms with van der Waals surface area (Å²) in [5.74, 6) is 0.885. The summed E-state index contributed by atoms with van der Waals surface area (Å²) in [6, 6.07) is 71.9. The SMILES string of the molecule is C/C=C\C(=C/C)c1nc2ccc(-c3ccc4c(c3)C(c3ccccc3)(c3ccccc3)c3cc(-c5ccc(P(C(/C=C\C)=C/CC)c6ccccc6)cc5)ccc3-4)cc2c2nc3ccccc3n12.CC.